The standard InChI is InChI=1S/C11H7BrN2O3/c12-7-4-6-2-1-3-8(9(6)13-5-7)14-10(15)11(16)17/h1-5H,(H,14,15)(H,16,17). The van der Waals surface area contributed by atoms with Crippen LogP contribution in [0.5, 0.6) is 0 Å². The molecule has 0 aliphatic carbocycles. The molecule has 0 saturated heterocycles. The van der Waals surface area contributed by atoms with Gasteiger partial charge in [0.05, 0.1) is 11.2 Å². The number of nitrogens with one attached hydrogen (secondary N) is 1. The number of carbonyl (C=O) groups excluding carboxylic acids is 1. The number of anilines is 1. The van der Waals surface area contributed by atoms with Crippen LogP contribution in [0.2, 0.25) is 0 Å². The first-order valence-corrected chi connectivity index (χ1v) is 5.46. The first-order valence-electron chi connectivity index (χ1n) is 4.66. The lowest BCUT2D eigenvalue weighted by molar-refractivity contribution is -0.147. The number of benzene rings is 1. The maximum absolute atomic E-state index is 11.1. The molecule has 0 spiro atoms. The van der Waals surface area contributed by atoms with Crippen molar-refractivity contribution in [1.82, 2.24) is 4.98 Å². The molecule has 2 aromatic rings. The van der Waals surface area contributed by atoms with Gasteiger partial charge >= 0.3 is 11.9 Å². The summed E-state index contributed by atoms with van der Waals surface area (Å²) < 4.78 is 0.812. The van der Waals surface area contributed by atoms with Crippen molar-refractivity contribution in [2.45, 2.75) is 0 Å². The predicted octanol–water partition coefficient (Wildman–Crippen LogP) is 2.02. The van der Waals surface area contributed by atoms with E-state index in [1.807, 2.05) is 12.1 Å². The van der Waals surface area contributed by atoms with Crippen LogP contribution in [0.4, 0.5) is 5.69 Å². The highest BCUT2D eigenvalue weighted by molar-refractivity contribution is 9.10. The molecule has 0 fully saturated rings. The number of rotatable bonds is 1. The molecule has 0 saturated carbocycles. The number of pyridine rings is 1. The Hall–Kier alpha value is -1.95. The normalized spacial score (nSPS) is 10.2. The van der Waals surface area contributed by atoms with Crippen LogP contribution < -0.4 is 5.32 Å². The summed E-state index contributed by atoms with van der Waals surface area (Å²) in [6.45, 7) is 0. The Morgan fingerprint density at radius 2 is 2.12 bits per heavy atom. The summed E-state index contributed by atoms with van der Waals surface area (Å²) >= 11 is 3.29. The number of para-hydroxylation sites is 1. The number of hydrogen-bond donors (Lipinski definition) is 2. The zero-order valence-electron chi connectivity index (χ0n) is 8.48. The number of carbonyl (C=O) groups is 2. The van der Waals surface area contributed by atoms with Crippen LogP contribution in [0, 0.1) is 0 Å². The summed E-state index contributed by atoms with van der Waals surface area (Å²) in [4.78, 5) is 25.7. The first kappa shape index (κ1) is 11.5. The second-order valence-electron chi connectivity index (χ2n) is 3.29. The number of carboxylic acid groups (broad SMARTS) is 1. The minimum absolute atomic E-state index is 0.377. The van der Waals surface area contributed by atoms with E-state index >= 15 is 0 Å². The summed E-state index contributed by atoms with van der Waals surface area (Å²) in [7, 11) is 0. The van der Waals surface area contributed by atoms with Gasteiger partial charge < -0.3 is 10.4 Å². The SMILES string of the molecule is O=C(O)C(=O)Nc1cccc2cc(Br)cnc12. The number of aromatic nitrogens is 1. The molecule has 0 bridgehead atoms. The molecule has 1 aromatic heterocycles. The van der Waals surface area contributed by atoms with Crippen molar-refractivity contribution < 1.29 is 14.7 Å². The minimum Gasteiger partial charge on any atom is -0.474 e. The van der Waals surface area contributed by atoms with Crippen LogP contribution in [0.25, 0.3) is 10.9 Å². The molecular formula is C11H7BrN2O3. The highest BCUT2D eigenvalue weighted by Crippen LogP contribution is 2.23. The van der Waals surface area contributed by atoms with E-state index in [-0.39, 0.29) is 0 Å². The van der Waals surface area contributed by atoms with Crippen molar-refractivity contribution >= 4 is 44.4 Å². The van der Waals surface area contributed by atoms with Crippen molar-refractivity contribution in [3.63, 3.8) is 0 Å². The van der Waals surface area contributed by atoms with E-state index in [9.17, 15) is 9.59 Å². The highest BCUT2D eigenvalue weighted by Gasteiger charge is 2.13. The molecule has 1 aromatic carbocycles. The Balaban J connectivity index is 2.48. The van der Waals surface area contributed by atoms with Gasteiger partial charge in [0.25, 0.3) is 0 Å². The maximum atomic E-state index is 11.1. The Bertz CT molecular complexity index is 613. The van der Waals surface area contributed by atoms with Crippen LogP contribution in [0.3, 0.4) is 0 Å². The molecule has 2 rings (SSSR count). The number of amides is 1. The van der Waals surface area contributed by atoms with Gasteiger partial charge in [0.1, 0.15) is 0 Å². The third kappa shape index (κ3) is 2.42. The predicted molar refractivity (Wildman–Crippen MR) is 65.7 cm³/mol. The lowest BCUT2D eigenvalue weighted by Crippen LogP contribution is -2.22. The van der Waals surface area contributed by atoms with Crippen molar-refractivity contribution in [2.24, 2.45) is 0 Å². The van der Waals surface area contributed by atoms with E-state index in [1.165, 1.54) is 0 Å². The van der Waals surface area contributed by atoms with Gasteiger partial charge in [0.15, 0.2) is 0 Å². The Morgan fingerprint density at radius 3 is 2.82 bits per heavy atom. The molecular weight excluding hydrogens is 288 g/mol. The molecule has 86 valence electrons. The molecule has 0 atom stereocenters. The summed E-state index contributed by atoms with van der Waals surface area (Å²) in [5.74, 6) is -2.61. The van der Waals surface area contributed by atoms with Crippen molar-refractivity contribution in [3.8, 4) is 0 Å². The van der Waals surface area contributed by atoms with Gasteiger partial charge in [0, 0.05) is 16.1 Å². The second kappa shape index (κ2) is 4.50. The van der Waals surface area contributed by atoms with Gasteiger partial charge in [-0.2, -0.15) is 0 Å². The monoisotopic (exact) mass is 294 g/mol. The average Bonchev–Trinajstić information content (AvgIpc) is 2.28. The van der Waals surface area contributed by atoms with E-state index in [0.29, 0.717) is 11.2 Å². The number of halogens is 1. The fraction of sp³-hybridized carbons (Fsp3) is 0. The number of carboxylic acids is 1. The van der Waals surface area contributed by atoms with Crippen molar-refractivity contribution in [1.29, 1.82) is 0 Å². The van der Waals surface area contributed by atoms with Gasteiger partial charge in [0.2, 0.25) is 0 Å². The zero-order chi connectivity index (χ0) is 12.4. The summed E-state index contributed by atoms with van der Waals surface area (Å²) in [6, 6.07) is 6.97. The lowest BCUT2D eigenvalue weighted by atomic mass is 10.2. The third-order valence-electron chi connectivity index (χ3n) is 2.12. The van der Waals surface area contributed by atoms with Crippen LogP contribution in [-0.4, -0.2) is 22.0 Å². The van der Waals surface area contributed by atoms with E-state index in [2.05, 4.69) is 26.2 Å². The van der Waals surface area contributed by atoms with Gasteiger partial charge in [-0.3, -0.25) is 9.78 Å². The highest BCUT2D eigenvalue weighted by atomic mass is 79.9. The summed E-state index contributed by atoms with van der Waals surface area (Å²) in [6.07, 6.45) is 1.58. The van der Waals surface area contributed by atoms with Gasteiger partial charge in [-0.1, -0.05) is 12.1 Å². The second-order valence-corrected chi connectivity index (χ2v) is 4.21. The van der Waals surface area contributed by atoms with Crippen molar-refractivity contribution in [2.75, 3.05) is 5.32 Å². The molecule has 17 heavy (non-hydrogen) atoms. The number of fused-ring (bicyclic) bond motifs is 1. The smallest absolute Gasteiger partial charge is 0.394 e. The average molecular weight is 295 g/mol. The van der Waals surface area contributed by atoms with Gasteiger partial charge in [-0.05, 0) is 28.1 Å². The summed E-state index contributed by atoms with van der Waals surface area (Å²) in [5, 5.41) is 11.6. The molecule has 1 heterocycles. The van der Waals surface area contributed by atoms with Crippen LogP contribution >= 0.6 is 15.9 Å². The number of hydrogen-bond acceptors (Lipinski definition) is 3. The maximum Gasteiger partial charge on any atom is 0.394 e. The van der Waals surface area contributed by atoms with Crippen molar-refractivity contribution in [3.05, 3.63) is 34.9 Å². The Kier molecular flexibility index (Phi) is 3.06. The lowest BCUT2D eigenvalue weighted by Gasteiger charge is -2.05. The summed E-state index contributed by atoms with van der Waals surface area (Å²) in [5.41, 5.74) is 0.924. The third-order valence-corrected chi connectivity index (χ3v) is 2.55. The Labute approximate surface area is 105 Å². The zero-order valence-corrected chi connectivity index (χ0v) is 10.1. The van der Waals surface area contributed by atoms with E-state index in [4.69, 9.17) is 5.11 Å². The largest absolute Gasteiger partial charge is 0.474 e. The minimum atomic E-state index is -1.53. The van der Waals surface area contributed by atoms with E-state index in [1.54, 1.807) is 18.3 Å². The van der Waals surface area contributed by atoms with Crippen LogP contribution in [0.1, 0.15) is 0 Å². The molecule has 1 amide bonds. The number of aliphatic carboxylic acids is 1. The molecule has 0 radical (unpaired) electrons. The molecule has 0 unspecified atom stereocenters. The molecule has 5 nitrogen and oxygen atoms in total. The molecule has 0 aliphatic heterocycles. The molecule has 6 heteroatoms. The Morgan fingerprint density at radius 1 is 1.35 bits per heavy atom. The van der Waals surface area contributed by atoms with Gasteiger partial charge in [-0.25, -0.2) is 4.79 Å². The number of nitrogens with zero attached hydrogens (tertiary/aromatic N) is 1. The van der Waals surface area contributed by atoms with Crippen LogP contribution in [0.15, 0.2) is 34.9 Å². The van der Waals surface area contributed by atoms with E-state index < -0.39 is 11.9 Å². The molecule has 2 N–H and O–H groups in total. The van der Waals surface area contributed by atoms with Crippen LogP contribution in [-0.2, 0) is 9.59 Å². The quantitative estimate of drug-likeness (QED) is 0.789. The topological polar surface area (TPSA) is 79.3 Å². The first-order chi connectivity index (χ1) is 8.08. The van der Waals surface area contributed by atoms with E-state index in [0.717, 1.165) is 9.86 Å². The van der Waals surface area contributed by atoms with Gasteiger partial charge in [-0.15, -0.1) is 0 Å². The molecule has 0 aliphatic rings. The fourth-order valence-corrected chi connectivity index (χ4v) is 1.76. The fourth-order valence-electron chi connectivity index (χ4n) is 1.41.